The summed E-state index contributed by atoms with van der Waals surface area (Å²) < 4.78 is 41.3. The van der Waals surface area contributed by atoms with Crippen LogP contribution in [0.4, 0.5) is 18.0 Å². The van der Waals surface area contributed by atoms with Crippen molar-refractivity contribution in [2.24, 2.45) is 5.92 Å². The van der Waals surface area contributed by atoms with Crippen LogP contribution in [0.15, 0.2) is 48.5 Å². The van der Waals surface area contributed by atoms with Crippen LogP contribution in [-0.4, -0.2) is 28.8 Å². The minimum Gasteiger partial charge on any atom is -0.363 e. The summed E-state index contributed by atoms with van der Waals surface area (Å²) in [4.78, 5) is 25.0. The van der Waals surface area contributed by atoms with Crippen LogP contribution >= 0.6 is 11.6 Å². The molecule has 148 valence electrons. The summed E-state index contributed by atoms with van der Waals surface area (Å²) in [6, 6.07) is 8.87. The second-order valence-electron chi connectivity index (χ2n) is 6.60. The molecule has 0 bridgehead atoms. The number of amides is 2. The van der Waals surface area contributed by atoms with Crippen LogP contribution in [0.3, 0.4) is 0 Å². The second-order valence-corrected chi connectivity index (χ2v) is 7.04. The average molecular weight is 413 g/mol. The van der Waals surface area contributed by atoms with Gasteiger partial charge in [0, 0.05) is 10.6 Å². The van der Waals surface area contributed by atoms with Crippen molar-refractivity contribution in [2.45, 2.75) is 24.9 Å². The van der Waals surface area contributed by atoms with Gasteiger partial charge in [0.15, 0.2) is 5.78 Å². The van der Waals surface area contributed by atoms with E-state index in [9.17, 15) is 27.9 Å². The number of halogens is 4. The molecule has 5 nitrogen and oxygen atoms in total. The molecule has 28 heavy (non-hydrogen) atoms. The van der Waals surface area contributed by atoms with Gasteiger partial charge in [-0.2, -0.15) is 13.2 Å². The average Bonchev–Trinajstić information content (AvgIpc) is 2.61. The lowest BCUT2D eigenvalue weighted by Gasteiger charge is -2.45. The Kier molecular flexibility index (Phi) is 5.12. The summed E-state index contributed by atoms with van der Waals surface area (Å²) in [5, 5.41) is 14.6. The molecule has 3 atom stereocenters. The molecule has 9 heteroatoms. The highest BCUT2D eigenvalue weighted by Gasteiger charge is 2.66. The molecule has 0 radical (unpaired) electrons. The molecule has 1 saturated heterocycles. The van der Waals surface area contributed by atoms with Crippen molar-refractivity contribution in [3.8, 4) is 0 Å². The fourth-order valence-electron chi connectivity index (χ4n) is 3.18. The van der Waals surface area contributed by atoms with Crippen molar-refractivity contribution in [3.05, 3.63) is 70.2 Å². The number of ketones is 1. The molecule has 0 saturated carbocycles. The number of rotatable bonds is 3. The highest BCUT2D eigenvalue weighted by Crippen LogP contribution is 2.44. The van der Waals surface area contributed by atoms with Crippen molar-refractivity contribution >= 4 is 23.4 Å². The van der Waals surface area contributed by atoms with E-state index in [4.69, 9.17) is 11.6 Å². The van der Waals surface area contributed by atoms with E-state index >= 15 is 0 Å². The zero-order chi connectivity index (χ0) is 20.7. The van der Waals surface area contributed by atoms with Gasteiger partial charge in [-0.05, 0) is 24.6 Å². The zero-order valence-electron chi connectivity index (χ0n) is 14.5. The zero-order valence-corrected chi connectivity index (χ0v) is 15.3. The van der Waals surface area contributed by atoms with Crippen LogP contribution in [0.25, 0.3) is 0 Å². The summed E-state index contributed by atoms with van der Waals surface area (Å²) in [5.74, 6) is -3.03. The maximum Gasteiger partial charge on any atom is 0.437 e. The molecule has 0 spiro atoms. The van der Waals surface area contributed by atoms with Crippen LogP contribution in [0.1, 0.15) is 27.5 Å². The molecule has 2 amide bonds. The number of aliphatic hydroxyl groups is 1. The lowest BCUT2D eigenvalue weighted by Crippen LogP contribution is -2.72. The fraction of sp³-hybridized carbons (Fsp3) is 0.263. The number of nitrogens with one attached hydrogen (secondary N) is 2. The van der Waals surface area contributed by atoms with Gasteiger partial charge < -0.3 is 15.7 Å². The Bertz CT molecular complexity index is 900. The summed E-state index contributed by atoms with van der Waals surface area (Å²) >= 11 is 5.82. The van der Waals surface area contributed by atoms with E-state index in [1.807, 2.05) is 0 Å². The van der Waals surface area contributed by atoms with Gasteiger partial charge in [-0.25, -0.2) is 4.79 Å². The van der Waals surface area contributed by atoms with E-state index in [1.165, 1.54) is 41.7 Å². The van der Waals surface area contributed by atoms with Crippen LogP contribution in [0.2, 0.25) is 5.02 Å². The number of benzene rings is 2. The van der Waals surface area contributed by atoms with Crippen molar-refractivity contribution < 1.29 is 27.9 Å². The van der Waals surface area contributed by atoms with E-state index in [0.717, 1.165) is 5.56 Å². The van der Waals surface area contributed by atoms with Crippen molar-refractivity contribution in [3.63, 3.8) is 0 Å². The second kappa shape index (κ2) is 7.10. The summed E-state index contributed by atoms with van der Waals surface area (Å²) in [7, 11) is 0. The van der Waals surface area contributed by atoms with Gasteiger partial charge in [-0.15, -0.1) is 0 Å². The van der Waals surface area contributed by atoms with E-state index in [1.54, 1.807) is 19.1 Å². The summed E-state index contributed by atoms with van der Waals surface area (Å²) in [6.45, 7) is 1.76. The van der Waals surface area contributed by atoms with Gasteiger partial charge in [-0.3, -0.25) is 4.79 Å². The molecule has 1 fully saturated rings. The molecular formula is C19H16ClF3N2O3. The molecule has 1 heterocycles. The number of aryl methyl sites for hydroxylation is 1. The van der Waals surface area contributed by atoms with Gasteiger partial charge in [0.1, 0.15) is 5.92 Å². The van der Waals surface area contributed by atoms with Crippen LogP contribution in [0.5, 0.6) is 0 Å². The molecule has 0 unspecified atom stereocenters. The predicted molar refractivity (Wildman–Crippen MR) is 95.9 cm³/mol. The first-order chi connectivity index (χ1) is 13.0. The van der Waals surface area contributed by atoms with Gasteiger partial charge in [-0.1, -0.05) is 53.6 Å². The number of urea groups is 1. The maximum absolute atomic E-state index is 13.8. The highest BCUT2D eigenvalue weighted by molar-refractivity contribution is 6.30. The Morgan fingerprint density at radius 2 is 1.68 bits per heavy atom. The third-order valence-corrected chi connectivity index (χ3v) is 4.91. The predicted octanol–water partition coefficient (Wildman–Crippen LogP) is 3.75. The molecule has 0 aromatic heterocycles. The largest absolute Gasteiger partial charge is 0.437 e. The number of alkyl halides is 3. The lowest BCUT2D eigenvalue weighted by molar-refractivity contribution is -0.287. The Labute approximate surface area is 163 Å². The molecule has 0 aliphatic carbocycles. The number of hydrogen-bond donors (Lipinski definition) is 3. The third kappa shape index (κ3) is 3.57. The van der Waals surface area contributed by atoms with E-state index in [2.05, 4.69) is 5.32 Å². The topological polar surface area (TPSA) is 78.4 Å². The summed E-state index contributed by atoms with van der Waals surface area (Å²) in [5.41, 5.74) is -2.75. The fourth-order valence-corrected chi connectivity index (χ4v) is 3.31. The molecule has 3 rings (SSSR count). The minimum absolute atomic E-state index is 0.0183. The molecule has 2 aromatic rings. The molecule has 1 aliphatic rings. The van der Waals surface area contributed by atoms with Crippen molar-refractivity contribution in [1.29, 1.82) is 0 Å². The Morgan fingerprint density at radius 3 is 2.21 bits per heavy atom. The van der Waals surface area contributed by atoms with Crippen LogP contribution in [0, 0.1) is 12.8 Å². The monoisotopic (exact) mass is 412 g/mol. The number of carbonyl (C=O) groups is 2. The Balaban J connectivity index is 2.15. The van der Waals surface area contributed by atoms with Crippen LogP contribution in [-0.2, 0) is 0 Å². The molecule has 2 aromatic carbocycles. The number of hydrogen-bond acceptors (Lipinski definition) is 3. The quantitative estimate of drug-likeness (QED) is 0.672. The van der Waals surface area contributed by atoms with E-state index in [0.29, 0.717) is 5.02 Å². The first-order valence-electron chi connectivity index (χ1n) is 8.27. The van der Waals surface area contributed by atoms with Crippen molar-refractivity contribution in [1.82, 2.24) is 10.6 Å². The smallest absolute Gasteiger partial charge is 0.363 e. The maximum atomic E-state index is 13.8. The van der Waals surface area contributed by atoms with Gasteiger partial charge in [0.05, 0.1) is 6.04 Å². The van der Waals surface area contributed by atoms with E-state index in [-0.39, 0.29) is 11.1 Å². The normalized spacial score (nSPS) is 25.0. The first kappa shape index (κ1) is 20.2. The third-order valence-electron chi connectivity index (χ3n) is 4.65. The Hall–Kier alpha value is -2.58. The molecule has 3 N–H and O–H groups in total. The standard InChI is InChI=1S/C19H16ClF3N2O3/c1-10-2-4-12(5-3-10)16(26)14-15(11-6-8-13(20)9-7-11)24-17(27)25-18(14,28)19(21,22)23/h2-9,14-15,28H,1H3,(H2,24,25,27)/t14-,15-,18+/m0/s1. The Morgan fingerprint density at radius 1 is 1.11 bits per heavy atom. The van der Waals surface area contributed by atoms with Crippen molar-refractivity contribution in [2.75, 3.05) is 0 Å². The highest BCUT2D eigenvalue weighted by atomic mass is 35.5. The SMILES string of the molecule is Cc1ccc(C(=O)[C@@H]2[C@H](c3ccc(Cl)cc3)NC(=O)N[C@]2(O)C(F)(F)F)cc1. The van der Waals surface area contributed by atoms with Gasteiger partial charge in [0.2, 0.25) is 5.72 Å². The lowest BCUT2D eigenvalue weighted by atomic mass is 9.77. The number of carbonyl (C=O) groups excluding carboxylic acids is 2. The number of Topliss-reactive ketones (excluding diaryl/α,β-unsaturated/α-hetero) is 1. The minimum atomic E-state index is -5.29. The van der Waals surface area contributed by atoms with Crippen LogP contribution < -0.4 is 10.6 Å². The van der Waals surface area contributed by atoms with Gasteiger partial charge in [0.25, 0.3) is 0 Å². The summed E-state index contributed by atoms with van der Waals surface area (Å²) in [6.07, 6.45) is -5.29. The van der Waals surface area contributed by atoms with Gasteiger partial charge >= 0.3 is 12.2 Å². The first-order valence-corrected chi connectivity index (χ1v) is 8.65. The molecule has 1 aliphatic heterocycles. The molecular weight excluding hydrogens is 397 g/mol. The van der Waals surface area contributed by atoms with E-state index < -0.39 is 35.7 Å².